The molecule has 1 heterocycles. The van der Waals surface area contributed by atoms with Crippen LogP contribution in [0.15, 0.2) is 59.8 Å². The summed E-state index contributed by atoms with van der Waals surface area (Å²) < 4.78 is 29.1. The van der Waals surface area contributed by atoms with Crippen LogP contribution in [0.2, 0.25) is 0 Å². The summed E-state index contributed by atoms with van der Waals surface area (Å²) in [4.78, 5) is 7.10. The van der Waals surface area contributed by atoms with E-state index in [1.54, 1.807) is 42.7 Å². The van der Waals surface area contributed by atoms with Crippen molar-refractivity contribution in [1.82, 2.24) is 9.97 Å². The number of aromatic nitrogens is 2. The predicted octanol–water partition coefficient (Wildman–Crippen LogP) is 2.33. The van der Waals surface area contributed by atoms with Crippen LogP contribution in [0, 0.1) is 0 Å². The number of fused-ring (bicyclic) bond motifs is 1. The van der Waals surface area contributed by atoms with Crippen molar-refractivity contribution in [1.29, 1.82) is 0 Å². The molecule has 0 fully saturated rings. The molecular weight excluding hydrogens is 264 g/mol. The molecule has 0 unspecified atom stereocenters. The minimum Gasteiger partial charge on any atom is -0.379 e. The zero-order chi connectivity index (χ0) is 13.3. The molecule has 6 heteroatoms. The average molecular weight is 274 g/mol. The minimum atomic E-state index is -3.80. The number of rotatable bonds is 3. The van der Waals surface area contributed by atoms with E-state index in [1.165, 1.54) is 12.1 Å². The average Bonchev–Trinajstić information content (AvgIpc) is 2.87. The number of hydrogen-bond acceptors (Lipinski definition) is 4. The van der Waals surface area contributed by atoms with Crippen LogP contribution < -0.4 is 4.18 Å². The molecule has 19 heavy (non-hydrogen) atoms. The highest BCUT2D eigenvalue weighted by Gasteiger charge is 2.16. The summed E-state index contributed by atoms with van der Waals surface area (Å²) in [6, 6.07) is 12.9. The van der Waals surface area contributed by atoms with E-state index in [0.717, 1.165) is 5.52 Å². The fraction of sp³-hybridized carbons (Fsp3) is 0. The van der Waals surface area contributed by atoms with Gasteiger partial charge in [-0.2, -0.15) is 8.42 Å². The Morgan fingerprint density at radius 3 is 2.63 bits per heavy atom. The number of aromatic amines is 1. The summed E-state index contributed by atoms with van der Waals surface area (Å²) in [5.41, 5.74) is 1.48. The van der Waals surface area contributed by atoms with Crippen LogP contribution in [0.1, 0.15) is 0 Å². The number of nitrogens with one attached hydrogen (secondary N) is 1. The summed E-state index contributed by atoms with van der Waals surface area (Å²) in [7, 11) is -3.80. The third-order valence-electron chi connectivity index (χ3n) is 2.63. The first kappa shape index (κ1) is 11.7. The molecule has 0 saturated heterocycles. The third-order valence-corrected chi connectivity index (χ3v) is 3.89. The van der Waals surface area contributed by atoms with Crippen LogP contribution in [0.3, 0.4) is 0 Å². The Kier molecular flexibility index (Phi) is 2.72. The maximum absolute atomic E-state index is 12.0. The minimum absolute atomic E-state index is 0.122. The highest BCUT2D eigenvalue weighted by atomic mass is 32.2. The first-order chi connectivity index (χ1) is 9.15. The highest BCUT2D eigenvalue weighted by Crippen LogP contribution is 2.21. The van der Waals surface area contributed by atoms with Crippen molar-refractivity contribution in [3.8, 4) is 5.75 Å². The second kappa shape index (κ2) is 4.40. The lowest BCUT2D eigenvalue weighted by Crippen LogP contribution is -2.09. The molecular formula is C13H10N2O3S. The van der Waals surface area contributed by atoms with Gasteiger partial charge in [0.05, 0.1) is 17.4 Å². The van der Waals surface area contributed by atoms with Gasteiger partial charge in [0.2, 0.25) is 0 Å². The first-order valence-electron chi connectivity index (χ1n) is 5.58. The Balaban J connectivity index is 1.96. The van der Waals surface area contributed by atoms with Crippen molar-refractivity contribution in [2.75, 3.05) is 0 Å². The third kappa shape index (κ3) is 2.30. The Hall–Kier alpha value is -2.34. The fourth-order valence-corrected chi connectivity index (χ4v) is 2.67. The summed E-state index contributed by atoms with van der Waals surface area (Å²) in [6.07, 6.45) is 1.54. The summed E-state index contributed by atoms with van der Waals surface area (Å²) in [5.74, 6) is 0.239. The molecule has 0 amide bonds. The van der Waals surface area contributed by atoms with E-state index in [1.807, 2.05) is 0 Å². The zero-order valence-electron chi connectivity index (χ0n) is 9.78. The van der Waals surface area contributed by atoms with Gasteiger partial charge in [0.15, 0.2) is 0 Å². The summed E-state index contributed by atoms with van der Waals surface area (Å²) >= 11 is 0. The van der Waals surface area contributed by atoms with Crippen LogP contribution in [-0.4, -0.2) is 18.4 Å². The van der Waals surface area contributed by atoms with Gasteiger partial charge in [0, 0.05) is 6.07 Å². The lowest BCUT2D eigenvalue weighted by molar-refractivity contribution is 0.486. The van der Waals surface area contributed by atoms with Crippen LogP contribution in [0.25, 0.3) is 11.0 Å². The van der Waals surface area contributed by atoms with E-state index in [0.29, 0.717) is 5.52 Å². The van der Waals surface area contributed by atoms with Crippen molar-refractivity contribution in [2.45, 2.75) is 4.90 Å². The molecule has 3 rings (SSSR count). The van der Waals surface area contributed by atoms with E-state index in [9.17, 15) is 8.42 Å². The Labute approximate surface area is 110 Å². The van der Waals surface area contributed by atoms with Crippen LogP contribution in [0.4, 0.5) is 0 Å². The van der Waals surface area contributed by atoms with Gasteiger partial charge in [0.25, 0.3) is 0 Å². The molecule has 0 aliphatic rings. The molecule has 96 valence electrons. The topological polar surface area (TPSA) is 72.1 Å². The van der Waals surface area contributed by atoms with Crippen molar-refractivity contribution in [3.05, 3.63) is 54.9 Å². The fourth-order valence-electron chi connectivity index (χ4n) is 1.73. The first-order valence-corrected chi connectivity index (χ1v) is 6.99. The zero-order valence-corrected chi connectivity index (χ0v) is 10.6. The molecule has 0 spiro atoms. The van der Waals surface area contributed by atoms with E-state index < -0.39 is 10.1 Å². The maximum Gasteiger partial charge on any atom is 0.339 e. The van der Waals surface area contributed by atoms with Gasteiger partial charge < -0.3 is 9.17 Å². The van der Waals surface area contributed by atoms with Crippen LogP contribution in [-0.2, 0) is 10.1 Å². The van der Waals surface area contributed by atoms with Crippen LogP contribution in [0.5, 0.6) is 5.75 Å². The monoisotopic (exact) mass is 274 g/mol. The van der Waals surface area contributed by atoms with Gasteiger partial charge in [0.1, 0.15) is 10.6 Å². The van der Waals surface area contributed by atoms with Gasteiger partial charge >= 0.3 is 10.1 Å². The lowest BCUT2D eigenvalue weighted by Gasteiger charge is -2.06. The Morgan fingerprint density at radius 2 is 1.84 bits per heavy atom. The smallest absolute Gasteiger partial charge is 0.339 e. The number of nitrogens with zero attached hydrogens (tertiary/aromatic N) is 1. The second-order valence-electron chi connectivity index (χ2n) is 3.93. The lowest BCUT2D eigenvalue weighted by atomic mass is 10.3. The molecule has 1 N–H and O–H groups in total. The van der Waals surface area contributed by atoms with E-state index >= 15 is 0 Å². The second-order valence-corrected chi connectivity index (χ2v) is 5.48. The molecule has 0 radical (unpaired) electrons. The Morgan fingerprint density at radius 1 is 1.05 bits per heavy atom. The van der Waals surface area contributed by atoms with Crippen molar-refractivity contribution in [3.63, 3.8) is 0 Å². The molecule has 1 aromatic heterocycles. The van der Waals surface area contributed by atoms with Gasteiger partial charge in [-0.15, -0.1) is 0 Å². The molecule has 0 saturated carbocycles. The maximum atomic E-state index is 12.0. The molecule has 0 atom stereocenters. The van der Waals surface area contributed by atoms with Crippen LogP contribution >= 0.6 is 0 Å². The van der Waals surface area contributed by atoms with Gasteiger partial charge in [-0.1, -0.05) is 18.2 Å². The van der Waals surface area contributed by atoms with E-state index in [2.05, 4.69) is 9.97 Å². The molecule has 2 aromatic carbocycles. The van der Waals surface area contributed by atoms with E-state index in [-0.39, 0.29) is 10.6 Å². The summed E-state index contributed by atoms with van der Waals surface area (Å²) in [6.45, 7) is 0. The van der Waals surface area contributed by atoms with Gasteiger partial charge in [-0.3, -0.25) is 0 Å². The van der Waals surface area contributed by atoms with Crippen molar-refractivity contribution < 1.29 is 12.6 Å². The molecule has 0 aliphatic carbocycles. The molecule has 3 aromatic rings. The Bertz CT molecular complexity index is 810. The standard InChI is InChI=1S/C13H10N2O3S/c16-19(17,11-4-2-1-3-5-11)18-10-6-7-12-13(8-10)15-9-14-12/h1-9H,(H,14,15). The van der Waals surface area contributed by atoms with Gasteiger partial charge in [-0.25, -0.2) is 4.98 Å². The normalized spacial score (nSPS) is 11.6. The summed E-state index contributed by atoms with van der Waals surface area (Å²) in [5, 5.41) is 0. The number of H-pyrrole nitrogens is 1. The van der Waals surface area contributed by atoms with Crippen molar-refractivity contribution >= 4 is 21.2 Å². The predicted molar refractivity (Wildman–Crippen MR) is 70.3 cm³/mol. The SMILES string of the molecule is O=S(=O)(Oc1ccc2[nH]cnc2c1)c1ccccc1. The number of hydrogen-bond donors (Lipinski definition) is 1. The molecule has 5 nitrogen and oxygen atoms in total. The molecule has 0 bridgehead atoms. The number of benzene rings is 2. The largest absolute Gasteiger partial charge is 0.379 e. The van der Waals surface area contributed by atoms with Crippen molar-refractivity contribution in [2.24, 2.45) is 0 Å². The molecule has 0 aliphatic heterocycles. The van der Waals surface area contributed by atoms with E-state index in [4.69, 9.17) is 4.18 Å². The quantitative estimate of drug-likeness (QED) is 0.744. The number of imidazole rings is 1. The highest BCUT2D eigenvalue weighted by molar-refractivity contribution is 7.87. The van der Waals surface area contributed by atoms with Gasteiger partial charge in [-0.05, 0) is 24.3 Å².